The Morgan fingerprint density at radius 3 is 2.87 bits per heavy atom. The molecule has 1 unspecified atom stereocenters. The van der Waals surface area contributed by atoms with Crippen LogP contribution < -0.4 is 11.1 Å². The summed E-state index contributed by atoms with van der Waals surface area (Å²) in [7, 11) is 0. The smallest absolute Gasteiger partial charge is 0.132 e. The largest absolute Gasteiger partial charge is 0.384 e. The van der Waals surface area contributed by atoms with Gasteiger partial charge in [-0.3, -0.25) is 0 Å². The number of hydrogen-bond acceptors (Lipinski definition) is 5. The first-order chi connectivity index (χ1) is 7.11. The predicted octanol–water partition coefficient (Wildman–Crippen LogP) is 1.20. The zero-order valence-corrected chi connectivity index (χ0v) is 9.45. The number of nitrogens with zero attached hydrogens (tertiary/aromatic N) is 2. The lowest BCUT2D eigenvalue weighted by molar-refractivity contribution is 0.141. The van der Waals surface area contributed by atoms with Crippen LogP contribution in [-0.4, -0.2) is 29.2 Å². The normalized spacial score (nSPS) is 12.5. The zero-order valence-electron chi connectivity index (χ0n) is 9.45. The molecule has 1 rings (SSSR count). The minimum Gasteiger partial charge on any atom is -0.384 e. The molecule has 0 aliphatic heterocycles. The van der Waals surface area contributed by atoms with Crippen molar-refractivity contribution in [3.63, 3.8) is 0 Å². The van der Waals surface area contributed by atoms with E-state index in [1.165, 1.54) is 0 Å². The van der Waals surface area contributed by atoms with Gasteiger partial charge in [0.1, 0.15) is 17.5 Å². The summed E-state index contributed by atoms with van der Waals surface area (Å²) in [6.07, 6.45) is 0. The molecule has 0 aliphatic carbocycles. The van der Waals surface area contributed by atoms with Gasteiger partial charge in [0.05, 0.1) is 6.61 Å². The standard InChI is InChI=1S/C10H18N4O/c1-4-15-6-7(2)12-10-5-9(11)13-8(3)14-10/h5,7H,4,6H2,1-3H3,(H3,11,12,13,14). The first kappa shape index (κ1) is 11.7. The van der Waals surface area contributed by atoms with Gasteiger partial charge in [-0.25, -0.2) is 9.97 Å². The van der Waals surface area contributed by atoms with Gasteiger partial charge in [-0.05, 0) is 20.8 Å². The molecule has 0 saturated heterocycles. The van der Waals surface area contributed by atoms with E-state index >= 15 is 0 Å². The summed E-state index contributed by atoms with van der Waals surface area (Å²) in [5, 5.41) is 3.20. The first-order valence-electron chi connectivity index (χ1n) is 5.07. The zero-order chi connectivity index (χ0) is 11.3. The highest BCUT2D eigenvalue weighted by atomic mass is 16.5. The molecule has 0 saturated carbocycles. The molecule has 1 aromatic heterocycles. The van der Waals surface area contributed by atoms with Crippen molar-refractivity contribution in [1.82, 2.24) is 9.97 Å². The molecule has 1 aromatic rings. The van der Waals surface area contributed by atoms with Gasteiger partial charge in [-0.2, -0.15) is 0 Å². The van der Waals surface area contributed by atoms with Gasteiger partial charge in [-0.1, -0.05) is 0 Å². The Labute approximate surface area is 90.1 Å². The number of rotatable bonds is 5. The van der Waals surface area contributed by atoms with Gasteiger partial charge in [0.2, 0.25) is 0 Å². The van der Waals surface area contributed by atoms with E-state index < -0.39 is 0 Å². The summed E-state index contributed by atoms with van der Waals surface area (Å²) in [5.41, 5.74) is 5.61. The van der Waals surface area contributed by atoms with Crippen molar-refractivity contribution >= 4 is 11.6 Å². The Morgan fingerprint density at radius 2 is 2.27 bits per heavy atom. The Morgan fingerprint density at radius 1 is 1.53 bits per heavy atom. The Hall–Kier alpha value is -1.36. The molecule has 1 heterocycles. The minimum atomic E-state index is 0.207. The molecule has 15 heavy (non-hydrogen) atoms. The molecule has 3 N–H and O–H groups in total. The van der Waals surface area contributed by atoms with Crippen LogP contribution in [-0.2, 0) is 4.74 Å². The fourth-order valence-corrected chi connectivity index (χ4v) is 1.25. The van der Waals surface area contributed by atoms with Gasteiger partial charge >= 0.3 is 0 Å². The van der Waals surface area contributed by atoms with Crippen LogP contribution in [0.15, 0.2) is 6.07 Å². The van der Waals surface area contributed by atoms with Crippen molar-refractivity contribution in [2.75, 3.05) is 24.3 Å². The summed E-state index contributed by atoms with van der Waals surface area (Å²) in [4.78, 5) is 8.22. The third-order valence-corrected chi connectivity index (χ3v) is 1.82. The molecule has 0 aromatic carbocycles. The van der Waals surface area contributed by atoms with E-state index in [1.54, 1.807) is 6.07 Å². The lowest BCUT2D eigenvalue weighted by Crippen LogP contribution is -2.22. The molecule has 0 aliphatic rings. The van der Waals surface area contributed by atoms with E-state index in [-0.39, 0.29) is 6.04 Å². The SMILES string of the molecule is CCOCC(C)Nc1cc(N)nc(C)n1. The number of aromatic nitrogens is 2. The molecule has 5 nitrogen and oxygen atoms in total. The van der Waals surface area contributed by atoms with Crippen molar-refractivity contribution < 1.29 is 4.74 Å². The summed E-state index contributed by atoms with van der Waals surface area (Å²) in [6, 6.07) is 1.92. The van der Waals surface area contributed by atoms with Gasteiger partial charge in [0.25, 0.3) is 0 Å². The minimum absolute atomic E-state index is 0.207. The number of aryl methyl sites for hydroxylation is 1. The molecule has 0 fully saturated rings. The Kier molecular flexibility index (Phi) is 4.30. The summed E-state index contributed by atoms with van der Waals surface area (Å²) < 4.78 is 5.29. The van der Waals surface area contributed by atoms with E-state index in [0.29, 0.717) is 18.2 Å². The molecule has 0 radical (unpaired) electrons. The summed E-state index contributed by atoms with van der Waals surface area (Å²) in [5.74, 6) is 1.89. The third-order valence-electron chi connectivity index (χ3n) is 1.82. The van der Waals surface area contributed by atoms with Crippen molar-refractivity contribution in [2.24, 2.45) is 0 Å². The van der Waals surface area contributed by atoms with Crippen LogP contribution in [0.5, 0.6) is 0 Å². The highest BCUT2D eigenvalue weighted by molar-refractivity contribution is 5.44. The van der Waals surface area contributed by atoms with Crippen molar-refractivity contribution in [3.8, 4) is 0 Å². The molecule has 0 bridgehead atoms. The van der Waals surface area contributed by atoms with Crippen LogP contribution in [0.25, 0.3) is 0 Å². The number of anilines is 2. The molecule has 84 valence electrons. The maximum Gasteiger partial charge on any atom is 0.132 e. The van der Waals surface area contributed by atoms with E-state index in [2.05, 4.69) is 15.3 Å². The predicted molar refractivity (Wildman–Crippen MR) is 60.8 cm³/mol. The Bertz CT molecular complexity index is 296. The average Bonchev–Trinajstić information content (AvgIpc) is 2.13. The van der Waals surface area contributed by atoms with Crippen LogP contribution in [0.3, 0.4) is 0 Å². The molecule has 0 spiro atoms. The highest BCUT2D eigenvalue weighted by Gasteiger charge is 2.04. The fourth-order valence-electron chi connectivity index (χ4n) is 1.25. The number of hydrogen-bond donors (Lipinski definition) is 2. The van der Waals surface area contributed by atoms with Crippen LogP contribution in [0.1, 0.15) is 19.7 Å². The van der Waals surface area contributed by atoms with Crippen molar-refractivity contribution in [1.29, 1.82) is 0 Å². The maximum absolute atomic E-state index is 5.61. The second-order valence-electron chi connectivity index (χ2n) is 3.43. The lowest BCUT2D eigenvalue weighted by atomic mass is 10.3. The lowest BCUT2D eigenvalue weighted by Gasteiger charge is -2.14. The molecular weight excluding hydrogens is 192 g/mol. The van der Waals surface area contributed by atoms with Crippen molar-refractivity contribution in [3.05, 3.63) is 11.9 Å². The van der Waals surface area contributed by atoms with E-state index in [9.17, 15) is 0 Å². The number of nitrogens with two attached hydrogens (primary N) is 1. The van der Waals surface area contributed by atoms with Gasteiger partial charge in [-0.15, -0.1) is 0 Å². The number of nitrogens with one attached hydrogen (secondary N) is 1. The summed E-state index contributed by atoms with van der Waals surface area (Å²) in [6.45, 7) is 7.19. The molecular formula is C10H18N4O. The number of nitrogen functional groups attached to an aromatic ring is 1. The second-order valence-corrected chi connectivity index (χ2v) is 3.43. The average molecular weight is 210 g/mol. The van der Waals surface area contributed by atoms with Crippen LogP contribution >= 0.6 is 0 Å². The van der Waals surface area contributed by atoms with Gasteiger partial charge < -0.3 is 15.8 Å². The van der Waals surface area contributed by atoms with Gasteiger partial charge in [0, 0.05) is 18.7 Å². The van der Waals surface area contributed by atoms with Crippen LogP contribution in [0, 0.1) is 6.92 Å². The Balaban J connectivity index is 2.56. The highest BCUT2D eigenvalue weighted by Crippen LogP contribution is 2.09. The third kappa shape index (κ3) is 4.12. The van der Waals surface area contributed by atoms with E-state index in [4.69, 9.17) is 10.5 Å². The fraction of sp³-hybridized carbons (Fsp3) is 0.600. The van der Waals surface area contributed by atoms with E-state index in [1.807, 2.05) is 20.8 Å². The topological polar surface area (TPSA) is 73.1 Å². The molecule has 1 atom stereocenters. The maximum atomic E-state index is 5.61. The summed E-state index contributed by atoms with van der Waals surface area (Å²) >= 11 is 0. The van der Waals surface area contributed by atoms with Gasteiger partial charge in [0.15, 0.2) is 0 Å². The monoisotopic (exact) mass is 210 g/mol. The van der Waals surface area contributed by atoms with E-state index in [0.717, 1.165) is 12.4 Å². The first-order valence-corrected chi connectivity index (χ1v) is 5.07. The van der Waals surface area contributed by atoms with Crippen molar-refractivity contribution in [2.45, 2.75) is 26.8 Å². The molecule has 0 amide bonds. The molecule has 5 heteroatoms. The van der Waals surface area contributed by atoms with Crippen LogP contribution in [0.2, 0.25) is 0 Å². The van der Waals surface area contributed by atoms with Crippen LogP contribution in [0.4, 0.5) is 11.6 Å². The second kappa shape index (κ2) is 5.50. The quantitative estimate of drug-likeness (QED) is 0.764. The number of ether oxygens (including phenoxy) is 1.